The quantitative estimate of drug-likeness (QED) is 0.793. The predicted molar refractivity (Wildman–Crippen MR) is 110 cm³/mol. The van der Waals surface area contributed by atoms with Gasteiger partial charge in [0.15, 0.2) is 14.6 Å². The second-order valence-corrected chi connectivity index (χ2v) is 10.3. The van der Waals surface area contributed by atoms with Gasteiger partial charge in [-0.25, -0.2) is 8.42 Å². The Hall–Kier alpha value is -1.11. The normalized spacial score (nSPS) is 24.9. The van der Waals surface area contributed by atoms with E-state index in [0.29, 0.717) is 29.3 Å². The maximum Gasteiger partial charge on any atom is 0.242 e. The van der Waals surface area contributed by atoms with Crippen LogP contribution in [-0.2, 0) is 14.6 Å². The molecule has 0 radical (unpaired) electrons. The zero-order valence-electron chi connectivity index (χ0n) is 16.4. The molecule has 1 aliphatic carbocycles. The predicted octanol–water partition coefficient (Wildman–Crippen LogP) is 3.07. The molecule has 2 aliphatic rings. The van der Waals surface area contributed by atoms with Gasteiger partial charge >= 0.3 is 0 Å². The Bertz CT molecular complexity index is 788. The van der Waals surface area contributed by atoms with Gasteiger partial charge in [-0.05, 0) is 70.2 Å². The molecular formula is C20H31ClN2O3S. The molecule has 1 saturated carbocycles. The zero-order valence-corrected chi connectivity index (χ0v) is 18.0. The number of sulfone groups is 1. The largest absolute Gasteiger partial charge is 0.352 e. The molecule has 2 N–H and O–H groups in total. The van der Waals surface area contributed by atoms with Crippen LogP contribution >= 0.6 is 12.4 Å². The highest BCUT2D eigenvalue weighted by Gasteiger charge is 2.53. The molecule has 2 fully saturated rings. The molecule has 1 amide bonds. The monoisotopic (exact) mass is 414 g/mol. The number of rotatable bonds is 4. The molecule has 2 unspecified atom stereocenters. The van der Waals surface area contributed by atoms with E-state index in [2.05, 4.69) is 17.6 Å². The summed E-state index contributed by atoms with van der Waals surface area (Å²) in [5.41, 5.74) is 1.61. The molecule has 1 heterocycles. The van der Waals surface area contributed by atoms with E-state index in [1.807, 2.05) is 19.1 Å². The summed E-state index contributed by atoms with van der Waals surface area (Å²) >= 11 is 0. The fourth-order valence-corrected chi connectivity index (χ4v) is 6.73. The fourth-order valence-electron chi connectivity index (χ4n) is 4.35. The Labute approximate surface area is 169 Å². The van der Waals surface area contributed by atoms with E-state index in [-0.39, 0.29) is 24.4 Å². The van der Waals surface area contributed by atoms with Crippen LogP contribution in [0.5, 0.6) is 0 Å². The highest BCUT2D eigenvalue weighted by Crippen LogP contribution is 2.42. The molecule has 0 aromatic heterocycles. The van der Waals surface area contributed by atoms with Crippen molar-refractivity contribution in [3.8, 4) is 0 Å². The lowest BCUT2D eigenvalue weighted by molar-refractivity contribution is -0.124. The van der Waals surface area contributed by atoms with E-state index in [1.165, 1.54) is 0 Å². The number of carbonyl (C=O) groups is 1. The lowest BCUT2D eigenvalue weighted by Gasteiger charge is -2.33. The highest BCUT2D eigenvalue weighted by atomic mass is 35.5. The Balaban J connectivity index is 0.00000261. The number of piperidine rings is 1. The maximum atomic E-state index is 13.6. The van der Waals surface area contributed by atoms with Crippen molar-refractivity contribution >= 4 is 28.2 Å². The number of benzene rings is 1. The summed E-state index contributed by atoms with van der Waals surface area (Å²) in [4.78, 5) is 13.6. The average molecular weight is 415 g/mol. The Kier molecular flexibility index (Phi) is 6.98. The SMILES string of the molecule is Cc1ccc(C)c(S(=O)(=O)C2(C(=O)NC3CCNC(C)C3)CCCC2)c1.Cl. The van der Waals surface area contributed by atoms with Gasteiger partial charge in [0.05, 0.1) is 4.90 Å². The van der Waals surface area contributed by atoms with Crippen molar-refractivity contribution in [2.75, 3.05) is 6.54 Å². The van der Waals surface area contributed by atoms with Crippen molar-refractivity contribution in [1.82, 2.24) is 10.6 Å². The van der Waals surface area contributed by atoms with Gasteiger partial charge in [-0.2, -0.15) is 0 Å². The van der Waals surface area contributed by atoms with Crippen molar-refractivity contribution in [3.63, 3.8) is 0 Å². The fraction of sp³-hybridized carbons (Fsp3) is 0.650. The van der Waals surface area contributed by atoms with Gasteiger partial charge in [-0.1, -0.05) is 25.0 Å². The molecule has 1 aliphatic heterocycles. The van der Waals surface area contributed by atoms with Crippen molar-refractivity contribution in [2.24, 2.45) is 0 Å². The first-order chi connectivity index (χ1) is 12.3. The smallest absolute Gasteiger partial charge is 0.242 e. The number of nitrogens with one attached hydrogen (secondary N) is 2. The summed E-state index contributed by atoms with van der Waals surface area (Å²) in [6.45, 7) is 6.64. The van der Waals surface area contributed by atoms with Gasteiger partial charge in [0.1, 0.15) is 0 Å². The third kappa shape index (κ3) is 4.17. The van der Waals surface area contributed by atoms with E-state index < -0.39 is 14.6 Å². The van der Waals surface area contributed by atoms with Crippen LogP contribution in [0.25, 0.3) is 0 Å². The third-order valence-corrected chi connectivity index (χ3v) is 8.57. The minimum Gasteiger partial charge on any atom is -0.352 e. The summed E-state index contributed by atoms with van der Waals surface area (Å²) in [7, 11) is -3.74. The molecule has 3 rings (SSSR count). The molecule has 2 atom stereocenters. The van der Waals surface area contributed by atoms with Gasteiger partial charge in [0.25, 0.3) is 0 Å². The second-order valence-electron chi connectivity index (χ2n) is 8.02. The van der Waals surface area contributed by atoms with Crippen LogP contribution in [0.3, 0.4) is 0 Å². The topological polar surface area (TPSA) is 75.3 Å². The summed E-state index contributed by atoms with van der Waals surface area (Å²) in [5.74, 6) is -0.296. The summed E-state index contributed by atoms with van der Waals surface area (Å²) in [6, 6.07) is 5.84. The molecule has 1 aromatic rings. The minimum absolute atomic E-state index is 0. The van der Waals surface area contributed by atoms with Gasteiger partial charge < -0.3 is 10.6 Å². The van der Waals surface area contributed by atoms with Crippen LogP contribution in [0.15, 0.2) is 23.1 Å². The number of hydrogen-bond acceptors (Lipinski definition) is 4. The van der Waals surface area contributed by atoms with Crippen LogP contribution < -0.4 is 10.6 Å². The standard InChI is InChI=1S/C20H30N2O3S.ClH/c1-14-6-7-15(2)18(12-14)26(24,25)20(9-4-5-10-20)19(23)22-17-8-11-21-16(3)13-17;/h6-7,12,16-17,21H,4-5,8-11,13H2,1-3H3,(H,22,23);1H. The maximum absolute atomic E-state index is 13.6. The molecule has 5 nitrogen and oxygen atoms in total. The molecule has 1 aromatic carbocycles. The molecular weight excluding hydrogens is 384 g/mol. The number of hydrogen-bond donors (Lipinski definition) is 2. The summed E-state index contributed by atoms with van der Waals surface area (Å²) < 4.78 is 25.9. The zero-order chi connectivity index (χ0) is 18.9. The Morgan fingerprint density at radius 2 is 1.89 bits per heavy atom. The number of carbonyl (C=O) groups excluding carboxylic acids is 1. The van der Waals surface area contributed by atoms with Crippen LogP contribution in [0, 0.1) is 13.8 Å². The summed E-state index contributed by atoms with van der Waals surface area (Å²) in [5, 5.41) is 6.45. The second kappa shape index (κ2) is 8.50. The van der Waals surface area contributed by atoms with Gasteiger partial charge in [0.2, 0.25) is 5.91 Å². The van der Waals surface area contributed by atoms with E-state index >= 15 is 0 Å². The highest BCUT2D eigenvalue weighted by molar-refractivity contribution is 7.93. The number of aryl methyl sites for hydroxylation is 2. The lowest BCUT2D eigenvalue weighted by atomic mass is 9.98. The van der Waals surface area contributed by atoms with E-state index in [9.17, 15) is 13.2 Å². The third-order valence-electron chi connectivity index (χ3n) is 5.93. The average Bonchev–Trinajstić information content (AvgIpc) is 3.08. The number of halogens is 1. The first-order valence-corrected chi connectivity index (χ1v) is 11.1. The molecule has 1 saturated heterocycles. The molecule has 7 heteroatoms. The van der Waals surface area contributed by atoms with Crippen molar-refractivity contribution < 1.29 is 13.2 Å². The van der Waals surface area contributed by atoms with Crippen LogP contribution in [0.1, 0.15) is 56.6 Å². The molecule has 152 valence electrons. The minimum atomic E-state index is -3.74. The van der Waals surface area contributed by atoms with Gasteiger partial charge in [-0.3, -0.25) is 4.79 Å². The Morgan fingerprint density at radius 3 is 2.52 bits per heavy atom. The van der Waals surface area contributed by atoms with E-state index in [4.69, 9.17) is 0 Å². The van der Waals surface area contributed by atoms with Gasteiger partial charge in [-0.15, -0.1) is 12.4 Å². The van der Waals surface area contributed by atoms with Crippen LogP contribution in [0.2, 0.25) is 0 Å². The lowest BCUT2D eigenvalue weighted by Crippen LogP contribution is -2.55. The Morgan fingerprint density at radius 1 is 1.22 bits per heavy atom. The molecule has 0 spiro atoms. The van der Waals surface area contributed by atoms with Crippen molar-refractivity contribution in [1.29, 1.82) is 0 Å². The van der Waals surface area contributed by atoms with E-state index in [0.717, 1.165) is 37.8 Å². The van der Waals surface area contributed by atoms with Crippen LogP contribution in [-0.4, -0.2) is 37.7 Å². The number of amides is 1. The molecule has 0 bridgehead atoms. The first kappa shape index (κ1) is 22.2. The van der Waals surface area contributed by atoms with E-state index in [1.54, 1.807) is 13.0 Å². The summed E-state index contributed by atoms with van der Waals surface area (Å²) in [6.07, 6.45) is 4.06. The molecule has 27 heavy (non-hydrogen) atoms. The van der Waals surface area contributed by atoms with Gasteiger partial charge in [0, 0.05) is 12.1 Å². The van der Waals surface area contributed by atoms with Crippen molar-refractivity contribution in [2.45, 2.75) is 81.0 Å². The van der Waals surface area contributed by atoms with Crippen LogP contribution in [0.4, 0.5) is 0 Å². The first-order valence-electron chi connectivity index (χ1n) is 9.62. The van der Waals surface area contributed by atoms with Crippen molar-refractivity contribution in [3.05, 3.63) is 29.3 Å².